The highest BCUT2D eigenvalue weighted by molar-refractivity contribution is 4.76. The molecule has 0 aromatic rings. The molecule has 0 spiro atoms. The molecule has 3 atom stereocenters. The van der Waals surface area contributed by atoms with Gasteiger partial charge in [-0.1, -0.05) is 12.8 Å². The van der Waals surface area contributed by atoms with Gasteiger partial charge in [-0.05, 0) is 44.4 Å². The van der Waals surface area contributed by atoms with Crippen LogP contribution in [-0.2, 0) is 4.74 Å². The lowest BCUT2D eigenvalue weighted by atomic mass is 9.83. The highest BCUT2D eigenvalue weighted by Gasteiger charge is 2.21. The minimum Gasteiger partial charge on any atom is -0.378 e. The monoisotopic (exact) mass is 197 g/mol. The number of hydrogen-bond acceptors (Lipinski definition) is 2. The summed E-state index contributed by atoms with van der Waals surface area (Å²) in [7, 11) is 0. The maximum absolute atomic E-state index is 5.98. The smallest absolute Gasteiger partial charge is 0.0576 e. The van der Waals surface area contributed by atoms with E-state index < -0.39 is 0 Å². The third-order valence-electron chi connectivity index (χ3n) is 3.74. The second-order valence-electron chi connectivity index (χ2n) is 5.01. The van der Waals surface area contributed by atoms with Gasteiger partial charge in [0.2, 0.25) is 0 Å². The Morgan fingerprint density at radius 3 is 2.71 bits per heavy atom. The maximum Gasteiger partial charge on any atom is 0.0576 e. The molecular formula is C12H23NO. The van der Waals surface area contributed by atoms with Gasteiger partial charge in [-0.2, -0.15) is 0 Å². The molecule has 0 aromatic heterocycles. The van der Waals surface area contributed by atoms with Crippen molar-refractivity contribution in [3.05, 3.63) is 0 Å². The van der Waals surface area contributed by atoms with Crippen molar-refractivity contribution in [1.29, 1.82) is 0 Å². The van der Waals surface area contributed by atoms with Crippen LogP contribution in [0.15, 0.2) is 0 Å². The standard InChI is InChI=1S/C12H23NO/c13-11-4-1-3-10(9-11)6-7-12-5-2-8-14-12/h10-12H,1-9,13H2. The van der Waals surface area contributed by atoms with E-state index in [9.17, 15) is 0 Å². The molecule has 0 aromatic carbocycles. The fourth-order valence-electron chi connectivity index (χ4n) is 2.89. The zero-order valence-corrected chi connectivity index (χ0v) is 9.08. The SMILES string of the molecule is NC1CCCC(CCC2CCCO2)C1. The molecule has 0 bridgehead atoms. The summed E-state index contributed by atoms with van der Waals surface area (Å²) in [6.07, 6.45) is 11.0. The summed E-state index contributed by atoms with van der Waals surface area (Å²) in [6, 6.07) is 0.484. The number of rotatable bonds is 3. The van der Waals surface area contributed by atoms with Crippen molar-refractivity contribution in [1.82, 2.24) is 0 Å². The average Bonchev–Trinajstić information content (AvgIpc) is 2.67. The Kier molecular flexibility index (Phi) is 3.82. The first-order valence-electron chi connectivity index (χ1n) is 6.22. The minimum absolute atomic E-state index is 0.484. The quantitative estimate of drug-likeness (QED) is 0.754. The van der Waals surface area contributed by atoms with Gasteiger partial charge in [0, 0.05) is 12.6 Å². The molecule has 1 aliphatic carbocycles. The predicted molar refractivity (Wildman–Crippen MR) is 58.1 cm³/mol. The molecule has 1 heterocycles. The van der Waals surface area contributed by atoms with Gasteiger partial charge in [0.15, 0.2) is 0 Å². The van der Waals surface area contributed by atoms with E-state index in [1.807, 2.05) is 0 Å². The Balaban J connectivity index is 1.64. The average molecular weight is 197 g/mol. The van der Waals surface area contributed by atoms with Crippen molar-refractivity contribution >= 4 is 0 Å². The van der Waals surface area contributed by atoms with Crippen LogP contribution in [0.3, 0.4) is 0 Å². The minimum atomic E-state index is 0.484. The number of hydrogen-bond donors (Lipinski definition) is 1. The molecule has 0 radical (unpaired) electrons. The van der Waals surface area contributed by atoms with Gasteiger partial charge in [-0.3, -0.25) is 0 Å². The van der Waals surface area contributed by atoms with Crippen molar-refractivity contribution in [3.63, 3.8) is 0 Å². The first-order chi connectivity index (χ1) is 6.84. The Labute approximate surface area is 87.2 Å². The molecule has 3 unspecified atom stereocenters. The second-order valence-corrected chi connectivity index (χ2v) is 5.01. The molecule has 1 saturated heterocycles. The summed E-state index contributed by atoms with van der Waals surface area (Å²) in [5.41, 5.74) is 5.98. The third-order valence-corrected chi connectivity index (χ3v) is 3.74. The predicted octanol–water partition coefficient (Wildman–Crippen LogP) is 2.46. The highest BCUT2D eigenvalue weighted by atomic mass is 16.5. The second kappa shape index (κ2) is 5.13. The van der Waals surface area contributed by atoms with Crippen LogP contribution in [-0.4, -0.2) is 18.8 Å². The summed E-state index contributed by atoms with van der Waals surface area (Å²) >= 11 is 0. The van der Waals surface area contributed by atoms with Gasteiger partial charge in [0.05, 0.1) is 6.10 Å². The lowest BCUT2D eigenvalue weighted by Gasteiger charge is -2.27. The van der Waals surface area contributed by atoms with Crippen LogP contribution in [0.2, 0.25) is 0 Å². The van der Waals surface area contributed by atoms with Crippen molar-refractivity contribution < 1.29 is 4.74 Å². The highest BCUT2D eigenvalue weighted by Crippen LogP contribution is 2.29. The fraction of sp³-hybridized carbons (Fsp3) is 1.00. The van der Waals surface area contributed by atoms with Crippen LogP contribution in [0.25, 0.3) is 0 Å². The van der Waals surface area contributed by atoms with Gasteiger partial charge in [0.25, 0.3) is 0 Å². The van der Waals surface area contributed by atoms with E-state index in [1.54, 1.807) is 0 Å². The molecule has 2 fully saturated rings. The van der Waals surface area contributed by atoms with E-state index in [0.29, 0.717) is 12.1 Å². The summed E-state index contributed by atoms with van der Waals surface area (Å²) < 4.78 is 5.64. The molecule has 2 N–H and O–H groups in total. The van der Waals surface area contributed by atoms with Gasteiger partial charge in [-0.25, -0.2) is 0 Å². The van der Waals surface area contributed by atoms with Crippen LogP contribution in [0.4, 0.5) is 0 Å². The van der Waals surface area contributed by atoms with E-state index in [4.69, 9.17) is 10.5 Å². The summed E-state index contributed by atoms with van der Waals surface area (Å²) in [4.78, 5) is 0. The van der Waals surface area contributed by atoms with Crippen LogP contribution in [0.1, 0.15) is 51.4 Å². The molecule has 2 nitrogen and oxygen atoms in total. The van der Waals surface area contributed by atoms with Crippen molar-refractivity contribution in [3.8, 4) is 0 Å². The molecule has 2 heteroatoms. The fourth-order valence-corrected chi connectivity index (χ4v) is 2.89. The molecule has 82 valence electrons. The number of nitrogens with two attached hydrogens (primary N) is 1. The van der Waals surface area contributed by atoms with E-state index in [2.05, 4.69) is 0 Å². The molecule has 1 aliphatic heterocycles. The first-order valence-corrected chi connectivity index (χ1v) is 6.22. The van der Waals surface area contributed by atoms with Gasteiger partial charge < -0.3 is 10.5 Å². The lowest BCUT2D eigenvalue weighted by Crippen LogP contribution is -2.28. The van der Waals surface area contributed by atoms with E-state index in [0.717, 1.165) is 12.5 Å². The van der Waals surface area contributed by atoms with Gasteiger partial charge in [-0.15, -0.1) is 0 Å². The summed E-state index contributed by atoms with van der Waals surface area (Å²) in [5, 5.41) is 0. The summed E-state index contributed by atoms with van der Waals surface area (Å²) in [5.74, 6) is 0.892. The Morgan fingerprint density at radius 1 is 1.07 bits per heavy atom. The Bertz CT molecular complexity index is 166. The first kappa shape index (κ1) is 10.4. The van der Waals surface area contributed by atoms with Crippen molar-refractivity contribution in [2.75, 3.05) is 6.61 Å². The van der Waals surface area contributed by atoms with Crippen molar-refractivity contribution in [2.24, 2.45) is 11.7 Å². The number of ether oxygens (including phenoxy) is 1. The molecule has 0 amide bonds. The normalized spacial score (nSPS) is 38.8. The topological polar surface area (TPSA) is 35.2 Å². The molecular weight excluding hydrogens is 174 g/mol. The largest absolute Gasteiger partial charge is 0.378 e. The van der Waals surface area contributed by atoms with E-state index >= 15 is 0 Å². The van der Waals surface area contributed by atoms with Crippen molar-refractivity contribution in [2.45, 2.75) is 63.5 Å². The van der Waals surface area contributed by atoms with Crippen LogP contribution in [0.5, 0.6) is 0 Å². The third kappa shape index (κ3) is 2.96. The van der Waals surface area contributed by atoms with Crippen LogP contribution < -0.4 is 5.73 Å². The maximum atomic E-state index is 5.98. The zero-order valence-electron chi connectivity index (χ0n) is 9.08. The Hall–Kier alpha value is -0.0800. The molecule has 1 saturated carbocycles. The summed E-state index contributed by atoms with van der Waals surface area (Å²) in [6.45, 7) is 0.995. The zero-order chi connectivity index (χ0) is 9.80. The van der Waals surface area contributed by atoms with Gasteiger partial charge in [0.1, 0.15) is 0 Å². The lowest BCUT2D eigenvalue weighted by molar-refractivity contribution is 0.0952. The van der Waals surface area contributed by atoms with E-state index in [-0.39, 0.29) is 0 Å². The molecule has 2 aliphatic rings. The molecule has 2 rings (SSSR count). The van der Waals surface area contributed by atoms with Gasteiger partial charge >= 0.3 is 0 Å². The van der Waals surface area contributed by atoms with Crippen LogP contribution in [0, 0.1) is 5.92 Å². The van der Waals surface area contributed by atoms with Crippen LogP contribution >= 0.6 is 0 Å². The molecule has 14 heavy (non-hydrogen) atoms. The van der Waals surface area contributed by atoms with E-state index in [1.165, 1.54) is 51.4 Å². The Morgan fingerprint density at radius 2 is 2.00 bits per heavy atom.